The molecule has 0 bridgehead atoms. The van der Waals surface area contributed by atoms with E-state index in [0.717, 1.165) is 15.2 Å². The van der Waals surface area contributed by atoms with Crippen molar-refractivity contribution in [2.24, 2.45) is 0 Å². The Kier molecular flexibility index (Phi) is 3.98. The van der Waals surface area contributed by atoms with Crippen LogP contribution < -0.4 is 5.32 Å². The molecule has 3 rings (SSSR count). The molecule has 2 aromatic carbocycles. The minimum absolute atomic E-state index is 0.558. The van der Waals surface area contributed by atoms with E-state index >= 15 is 0 Å². The molecule has 2 nitrogen and oxygen atoms in total. The Morgan fingerprint density at radius 3 is 2.80 bits per heavy atom. The molecule has 102 valence electrons. The molecule has 0 radical (unpaired) electrons. The maximum Gasteiger partial charge on any atom is 0.163 e. The molecule has 0 fully saturated rings. The Bertz CT molecular complexity index is 823. The van der Waals surface area contributed by atoms with Crippen LogP contribution in [0.1, 0.15) is 0 Å². The highest BCUT2D eigenvalue weighted by Gasteiger charge is 2.05. The summed E-state index contributed by atoms with van der Waals surface area (Å²) in [7, 11) is 0. The lowest BCUT2D eigenvalue weighted by molar-refractivity contribution is 0.807. The number of hydrogen-bond donors (Lipinski definition) is 1. The molecule has 1 heterocycles. The van der Waals surface area contributed by atoms with Gasteiger partial charge in [-0.05, 0) is 42.5 Å². The molecule has 1 aromatic heterocycles. The Morgan fingerprint density at radius 1 is 1.15 bits per heavy atom. The van der Waals surface area contributed by atoms with Gasteiger partial charge in [-0.3, -0.25) is 0 Å². The quantitative estimate of drug-likeness (QED) is 0.606. The van der Waals surface area contributed by atoms with Gasteiger partial charge in [-0.15, -0.1) is 11.3 Å². The van der Waals surface area contributed by atoms with E-state index in [1.807, 2.05) is 22.8 Å². The summed E-state index contributed by atoms with van der Waals surface area (Å²) in [5.74, 6) is 0. The second-order valence-corrected chi connectivity index (χ2v) is 6.74. The summed E-state index contributed by atoms with van der Waals surface area (Å²) < 4.78 is 4.06. The van der Waals surface area contributed by atoms with Crippen LogP contribution in [0.3, 0.4) is 0 Å². The zero-order valence-corrected chi connectivity index (χ0v) is 13.4. The van der Waals surface area contributed by atoms with Crippen molar-refractivity contribution in [3.63, 3.8) is 0 Å². The van der Waals surface area contributed by atoms with Crippen LogP contribution in [0.4, 0.5) is 5.69 Å². The summed E-state index contributed by atoms with van der Waals surface area (Å²) in [4.78, 5) is 0. The lowest BCUT2D eigenvalue weighted by atomic mass is 10.3. The summed E-state index contributed by atoms with van der Waals surface area (Å²) in [5, 5.41) is 4.56. The van der Waals surface area contributed by atoms with Crippen LogP contribution in [0.5, 0.6) is 0 Å². The van der Waals surface area contributed by atoms with Gasteiger partial charge in [-0.2, -0.15) is 0 Å². The lowest BCUT2D eigenvalue weighted by Crippen LogP contribution is -2.07. The summed E-state index contributed by atoms with van der Waals surface area (Å²) in [6.45, 7) is 0.558. The van der Waals surface area contributed by atoms with E-state index in [-0.39, 0.29) is 0 Å². The number of nitrogens with one attached hydrogen (secondary N) is 1. The Hall–Kier alpha value is -1.07. The summed E-state index contributed by atoms with van der Waals surface area (Å²) in [6, 6.07) is 13.5. The molecule has 0 aliphatic carbocycles. The average molecular weight is 341 g/mol. The summed E-state index contributed by atoms with van der Waals surface area (Å²) in [5.41, 5.74) is 1.92. The van der Waals surface area contributed by atoms with Crippen molar-refractivity contribution in [2.75, 3.05) is 5.32 Å². The SMILES string of the molecule is S=c1sc2ccccc2n1CNc1cc(Cl)ccc1Cl. The standard InChI is InChI=1S/C14H10Cl2N2S2/c15-9-5-6-10(16)11(7-9)17-8-18-12-3-1-2-4-13(12)20-14(18)19/h1-7,17H,8H2. The van der Waals surface area contributed by atoms with Crippen molar-refractivity contribution in [3.8, 4) is 0 Å². The largest absolute Gasteiger partial charge is 0.366 e. The first-order chi connectivity index (χ1) is 9.65. The van der Waals surface area contributed by atoms with Gasteiger partial charge in [0, 0.05) is 5.02 Å². The second-order valence-electron chi connectivity index (χ2n) is 4.22. The van der Waals surface area contributed by atoms with Crippen molar-refractivity contribution in [2.45, 2.75) is 6.67 Å². The third-order valence-electron chi connectivity index (χ3n) is 2.93. The predicted octanol–water partition coefficient (Wildman–Crippen LogP) is 5.81. The zero-order valence-electron chi connectivity index (χ0n) is 10.3. The summed E-state index contributed by atoms with van der Waals surface area (Å²) >= 11 is 19.1. The van der Waals surface area contributed by atoms with Gasteiger partial charge in [-0.25, -0.2) is 0 Å². The van der Waals surface area contributed by atoms with Crippen molar-refractivity contribution < 1.29 is 0 Å². The van der Waals surface area contributed by atoms with E-state index in [1.165, 1.54) is 4.70 Å². The number of halogens is 2. The molecule has 0 spiro atoms. The average Bonchev–Trinajstić information content (AvgIpc) is 2.75. The first-order valence-corrected chi connectivity index (χ1v) is 7.90. The molecule has 0 aliphatic rings. The molecular weight excluding hydrogens is 331 g/mol. The number of benzene rings is 2. The Balaban J connectivity index is 1.92. The van der Waals surface area contributed by atoms with Gasteiger partial charge in [0.25, 0.3) is 0 Å². The minimum atomic E-state index is 0.558. The number of aromatic nitrogens is 1. The van der Waals surface area contributed by atoms with E-state index in [9.17, 15) is 0 Å². The predicted molar refractivity (Wildman–Crippen MR) is 90.7 cm³/mol. The lowest BCUT2D eigenvalue weighted by Gasteiger charge is -2.10. The van der Waals surface area contributed by atoms with Crippen molar-refractivity contribution in [3.05, 3.63) is 56.5 Å². The number of thiazole rings is 1. The van der Waals surface area contributed by atoms with E-state index in [4.69, 9.17) is 35.4 Å². The maximum absolute atomic E-state index is 6.14. The van der Waals surface area contributed by atoms with Gasteiger partial charge in [0.2, 0.25) is 0 Å². The molecule has 0 unspecified atom stereocenters. The maximum atomic E-state index is 6.14. The van der Waals surface area contributed by atoms with Crippen molar-refractivity contribution in [1.82, 2.24) is 4.57 Å². The fraction of sp³-hybridized carbons (Fsp3) is 0.0714. The second kappa shape index (κ2) is 5.74. The Morgan fingerprint density at radius 2 is 1.95 bits per heavy atom. The van der Waals surface area contributed by atoms with Gasteiger partial charge >= 0.3 is 0 Å². The molecular formula is C14H10Cl2N2S2. The fourth-order valence-electron chi connectivity index (χ4n) is 1.96. The van der Waals surface area contributed by atoms with E-state index < -0.39 is 0 Å². The molecule has 20 heavy (non-hydrogen) atoms. The number of nitrogens with zero attached hydrogens (tertiary/aromatic N) is 1. The smallest absolute Gasteiger partial charge is 0.163 e. The van der Waals surface area contributed by atoms with E-state index in [0.29, 0.717) is 16.7 Å². The van der Waals surface area contributed by atoms with Crippen LogP contribution in [0, 0.1) is 3.95 Å². The molecule has 6 heteroatoms. The van der Waals surface area contributed by atoms with E-state index in [2.05, 4.69) is 17.4 Å². The van der Waals surface area contributed by atoms with Crippen LogP contribution in [-0.2, 0) is 6.67 Å². The molecule has 0 atom stereocenters. The number of rotatable bonds is 3. The highest BCUT2D eigenvalue weighted by Crippen LogP contribution is 2.27. The highest BCUT2D eigenvalue weighted by molar-refractivity contribution is 7.73. The monoisotopic (exact) mass is 340 g/mol. The number of fused-ring (bicyclic) bond motifs is 1. The first-order valence-electron chi connectivity index (χ1n) is 5.92. The number of para-hydroxylation sites is 1. The van der Waals surface area contributed by atoms with E-state index in [1.54, 1.807) is 23.5 Å². The van der Waals surface area contributed by atoms with Crippen LogP contribution in [0.15, 0.2) is 42.5 Å². The van der Waals surface area contributed by atoms with Gasteiger partial charge < -0.3 is 9.88 Å². The van der Waals surface area contributed by atoms with Gasteiger partial charge in [0.15, 0.2) is 3.95 Å². The highest BCUT2D eigenvalue weighted by atomic mass is 35.5. The van der Waals surface area contributed by atoms with Gasteiger partial charge in [0.05, 0.1) is 27.6 Å². The third kappa shape index (κ3) is 2.69. The first kappa shape index (κ1) is 13.9. The molecule has 0 aliphatic heterocycles. The molecule has 1 N–H and O–H groups in total. The zero-order chi connectivity index (χ0) is 14.1. The van der Waals surface area contributed by atoms with Gasteiger partial charge in [0.1, 0.15) is 0 Å². The van der Waals surface area contributed by atoms with Crippen molar-refractivity contribution >= 4 is 62.7 Å². The van der Waals surface area contributed by atoms with Crippen LogP contribution in [0.2, 0.25) is 10.0 Å². The minimum Gasteiger partial charge on any atom is -0.366 e. The fourth-order valence-corrected chi connectivity index (χ4v) is 3.64. The van der Waals surface area contributed by atoms with Crippen LogP contribution in [0.25, 0.3) is 10.2 Å². The Labute approximate surface area is 135 Å². The van der Waals surface area contributed by atoms with Crippen molar-refractivity contribution in [1.29, 1.82) is 0 Å². The number of hydrogen-bond acceptors (Lipinski definition) is 3. The molecule has 0 saturated carbocycles. The topological polar surface area (TPSA) is 17.0 Å². The summed E-state index contributed by atoms with van der Waals surface area (Å²) in [6.07, 6.45) is 0. The normalized spacial score (nSPS) is 10.9. The van der Waals surface area contributed by atoms with Gasteiger partial charge in [-0.1, -0.05) is 35.3 Å². The molecule has 0 saturated heterocycles. The third-order valence-corrected chi connectivity index (χ3v) is 4.92. The molecule has 3 aromatic rings. The van der Waals surface area contributed by atoms with Crippen LogP contribution in [-0.4, -0.2) is 4.57 Å². The van der Waals surface area contributed by atoms with Crippen LogP contribution >= 0.6 is 46.8 Å². The molecule has 0 amide bonds. The number of anilines is 1.